The molecule has 1 aliphatic rings. The monoisotopic (exact) mass is 292 g/mol. The van der Waals surface area contributed by atoms with Gasteiger partial charge >= 0.3 is 5.69 Å². The van der Waals surface area contributed by atoms with Crippen LogP contribution < -0.4 is 10.2 Å². The molecule has 1 aliphatic heterocycles. The Kier molecular flexibility index (Phi) is 5.78. The molecule has 0 saturated carbocycles. The van der Waals surface area contributed by atoms with Gasteiger partial charge in [0, 0.05) is 25.7 Å². The lowest BCUT2D eigenvalue weighted by Crippen LogP contribution is -2.28. The number of rotatable bonds is 5. The first kappa shape index (κ1) is 15.5. The van der Waals surface area contributed by atoms with E-state index >= 15 is 0 Å². The van der Waals surface area contributed by atoms with E-state index in [-0.39, 0.29) is 10.6 Å². The van der Waals surface area contributed by atoms with E-state index in [4.69, 9.17) is 0 Å². The summed E-state index contributed by atoms with van der Waals surface area (Å²) in [5.41, 5.74) is 0.109. The van der Waals surface area contributed by atoms with Crippen molar-refractivity contribution in [3.63, 3.8) is 0 Å². The molecule has 21 heavy (non-hydrogen) atoms. The highest BCUT2D eigenvalue weighted by atomic mass is 16.6. The van der Waals surface area contributed by atoms with E-state index in [1.165, 1.54) is 19.3 Å². The van der Waals surface area contributed by atoms with Crippen molar-refractivity contribution >= 4 is 17.3 Å². The summed E-state index contributed by atoms with van der Waals surface area (Å²) in [6, 6.07) is 3.26. The molecule has 0 spiro atoms. The topological polar surface area (TPSA) is 71.3 Å². The molecule has 1 fully saturated rings. The first-order chi connectivity index (χ1) is 10.2. The van der Waals surface area contributed by atoms with Gasteiger partial charge in [-0.2, -0.15) is 0 Å². The maximum absolute atomic E-state index is 11.3. The number of nitro groups is 1. The molecule has 6 heteroatoms. The molecule has 0 amide bonds. The van der Waals surface area contributed by atoms with Crippen molar-refractivity contribution < 1.29 is 4.92 Å². The highest BCUT2D eigenvalue weighted by molar-refractivity contribution is 5.61. The molecule has 6 nitrogen and oxygen atoms in total. The molecule has 0 unspecified atom stereocenters. The van der Waals surface area contributed by atoms with Crippen molar-refractivity contribution in [2.45, 2.75) is 45.4 Å². The standard InChI is InChI=1S/C15H24N4O2/c1-2-10-16-14-9-8-13(19(20)21)15(17-14)18-11-6-4-3-5-7-12-18/h8-9H,2-7,10-12H2,1H3,(H,16,17). The van der Waals surface area contributed by atoms with Crippen molar-refractivity contribution in [3.8, 4) is 0 Å². The van der Waals surface area contributed by atoms with Gasteiger partial charge in [0.1, 0.15) is 5.82 Å². The van der Waals surface area contributed by atoms with Crippen LogP contribution in [0.25, 0.3) is 0 Å². The van der Waals surface area contributed by atoms with E-state index in [0.29, 0.717) is 5.82 Å². The number of nitrogens with one attached hydrogen (secondary N) is 1. The van der Waals surface area contributed by atoms with Gasteiger partial charge in [0.05, 0.1) is 4.92 Å². The maximum Gasteiger partial charge on any atom is 0.311 e. The lowest BCUT2D eigenvalue weighted by atomic mass is 10.1. The summed E-state index contributed by atoms with van der Waals surface area (Å²) in [5, 5.41) is 14.5. The predicted octanol–water partition coefficient (Wildman–Crippen LogP) is 3.58. The third-order valence-electron chi connectivity index (χ3n) is 3.76. The van der Waals surface area contributed by atoms with Gasteiger partial charge in [-0.05, 0) is 25.3 Å². The molecule has 0 aromatic carbocycles. The number of hydrogen-bond acceptors (Lipinski definition) is 5. The zero-order chi connectivity index (χ0) is 15.1. The van der Waals surface area contributed by atoms with Crippen molar-refractivity contribution in [2.24, 2.45) is 0 Å². The molecule has 0 bridgehead atoms. The minimum absolute atomic E-state index is 0.109. The van der Waals surface area contributed by atoms with Gasteiger partial charge in [0.15, 0.2) is 0 Å². The SMILES string of the molecule is CCCNc1ccc([N+](=O)[O-])c(N2CCCCCCC2)n1. The predicted molar refractivity (Wildman–Crippen MR) is 85.0 cm³/mol. The van der Waals surface area contributed by atoms with E-state index in [9.17, 15) is 10.1 Å². The van der Waals surface area contributed by atoms with Crippen LogP contribution in [0.15, 0.2) is 12.1 Å². The molecule has 116 valence electrons. The van der Waals surface area contributed by atoms with Gasteiger partial charge in [-0.15, -0.1) is 0 Å². The third-order valence-corrected chi connectivity index (χ3v) is 3.76. The molecule has 2 rings (SSSR count). The van der Waals surface area contributed by atoms with Gasteiger partial charge < -0.3 is 10.2 Å². The molecular weight excluding hydrogens is 268 g/mol. The van der Waals surface area contributed by atoms with Crippen molar-refractivity contribution in [1.82, 2.24) is 4.98 Å². The molecule has 1 saturated heterocycles. The molecule has 1 aromatic rings. The Labute approximate surface area is 125 Å². The normalized spacial score (nSPS) is 16.1. The first-order valence-corrected chi connectivity index (χ1v) is 7.86. The second-order valence-electron chi connectivity index (χ2n) is 5.48. The molecule has 0 radical (unpaired) electrons. The molecule has 0 aliphatic carbocycles. The minimum Gasteiger partial charge on any atom is -0.370 e. The number of nitrogens with zero attached hydrogens (tertiary/aromatic N) is 3. The Hall–Kier alpha value is -1.85. The van der Waals surface area contributed by atoms with Crippen LogP contribution in [-0.2, 0) is 0 Å². The van der Waals surface area contributed by atoms with Crippen molar-refractivity contribution in [3.05, 3.63) is 22.2 Å². The lowest BCUT2D eigenvalue weighted by molar-refractivity contribution is -0.384. The number of hydrogen-bond donors (Lipinski definition) is 1. The fourth-order valence-corrected chi connectivity index (χ4v) is 2.63. The molecular formula is C15H24N4O2. The Balaban J connectivity index is 2.25. The second kappa shape index (κ2) is 7.81. The number of aromatic nitrogens is 1. The van der Waals surface area contributed by atoms with Gasteiger partial charge in [0.2, 0.25) is 5.82 Å². The van der Waals surface area contributed by atoms with E-state index < -0.39 is 0 Å². The van der Waals surface area contributed by atoms with Crippen LogP contribution in [0, 0.1) is 10.1 Å². The zero-order valence-corrected chi connectivity index (χ0v) is 12.7. The smallest absolute Gasteiger partial charge is 0.311 e. The van der Waals surface area contributed by atoms with Gasteiger partial charge in [-0.3, -0.25) is 10.1 Å². The largest absolute Gasteiger partial charge is 0.370 e. The van der Waals surface area contributed by atoms with Gasteiger partial charge in [-0.25, -0.2) is 4.98 Å². The molecule has 2 heterocycles. The van der Waals surface area contributed by atoms with E-state index in [1.54, 1.807) is 12.1 Å². The van der Waals surface area contributed by atoms with Gasteiger partial charge in [0.25, 0.3) is 0 Å². The summed E-state index contributed by atoms with van der Waals surface area (Å²) in [5.74, 6) is 1.24. The first-order valence-electron chi connectivity index (χ1n) is 7.86. The second-order valence-corrected chi connectivity index (χ2v) is 5.48. The summed E-state index contributed by atoms with van der Waals surface area (Å²) in [6.07, 6.45) is 6.80. The zero-order valence-electron chi connectivity index (χ0n) is 12.7. The van der Waals surface area contributed by atoms with Crippen LogP contribution >= 0.6 is 0 Å². The molecule has 1 N–H and O–H groups in total. The van der Waals surface area contributed by atoms with E-state index in [0.717, 1.165) is 44.7 Å². The average Bonchev–Trinajstić information content (AvgIpc) is 2.44. The van der Waals surface area contributed by atoms with Gasteiger partial charge in [-0.1, -0.05) is 26.2 Å². The van der Waals surface area contributed by atoms with E-state index in [2.05, 4.69) is 22.1 Å². The molecule has 0 atom stereocenters. The van der Waals surface area contributed by atoms with Crippen molar-refractivity contribution in [1.29, 1.82) is 0 Å². The highest BCUT2D eigenvalue weighted by Crippen LogP contribution is 2.29. The quantitative estimate of drug-likeness (QED) is 0.663. The van der Waals surface area contributed by atoms with Crippen LogP contribution in [0.5, 0.6) is 0 Å². The Morgan fingerprint density at radius 1 is 1.24 bits per heavy atom. The maximum atomic E-state index is 11.3. The fourth-order valence-electron chi connectivity index (χ4n) is 2.63. The Morgan fingerprint density at radius 2 is 1.90 bits per heavy atom. The van der Waals surface area contributed by atoms with Crippen LogP contribution in [-0.4, -0.2) is 29.5 Å². The third kappa shape index (κ3) is 4.31. The summed E-state index contributed by atoms with van der Waals surface area (Å²) in [6.45, 7) is 4.61. The Morgan fingerprint density at radius 3 is 2.52 bits per heavy atom. The summed E-state index contributed by atoms with van der Waals surface area (Å²) < 4.78 is 0. The minimum atomic E-state index is -0.329. The van der Waals surface area contributed by atoms with Crippen LogP contribution in [0.4, 0.5) is 17.3 Å². The molecule has 1 aromatic heterocycles. The highest BCUT2D eigenvalue weighted by Gasteiger charge is 2.22. The van der Waals surface area contributed by atoms with Crippen LogP contribution in [0.3, 0.4) is 0 Å². The number of pyridine rings is 1. The van der Waals surface area contributed by atoms with E-state index in [1.807, 2.05) is 0 Å². The lowest BCUT2D eigenvalue weighted by Gasteiger charge is -2.25. The Bertz CT molecular complexity index is 471. The van der Waals surface area contributed by atoms with Crippen LogP contribution in [0.2, 0.25) is 0 Å². The fraction of sp³-hybridized carbons (Fsp3) is 0.667. The number of anilines is 2. The van der Waals surface area contributed by atoms with Crippen LogP contribution in [0.1, 0.15) is 45.4 Å². The average molecular weight is 292 g/mol. The van der Waals surface area contributed by atoms with Crippen molar-refractivity contribution in [2.75, 3.05) is 29.9 Å². The summed E-state index contributed by atoms with van der Waals surface area (Å²) in [4.78, 5) is 17.5. The summed E-state index contributed by atoms with van der Waals surface area (Å²) in [7, 11) is 0. The summed E-state index contributed by atoms with van der Waals surface area (Å²) >= 11 is 0.